The first-order valence-electron chi connectivity index (χ1n) is 7.68. The molecule has 0 bridgehead atoms. The Kier molecular flexibility index (Phi) is 7.90. The summed E-state index contributed by atoms with van der Waals surface area (Å²) in [7, 11) is 0. The van der Waals surface area contributed by atoms with Crippen molar-refractivity contribution in [3.63, 3.8) is 0 Å². The lowest BCUT2D eigenvalue weighted by atomic mass is 10.1. The van der Waals surface area contributed by atoms with Crippen LogP contribution in [0.2, 0.25) is 0 Å². The molecule has 24 heavy (non-hydrogen) atoms. The zero-order valence-corrected chi connectivity index (χ0v) is 14.4. The van der Waals surface area contributed by atoms with Crippen molar-refractivity contribution in [2.45, 2.75) is 25.8 Å². The van der Waals surface area contributed by atoms with Crippen molar-refractivity contribution >= 4 is 29.7 Å². The molecule has 0 aliphatic carbocycles. The standard InChI is InChI=1S/C15H22N4O4.ClH/c1-2-23-12-3-4-13(14(9-12)19(21)22)17-15(20)10-18-7-5-11(16)6-8-18;/h3-4,9,11H,2,5-8,10,16H2,1H3,(H,17,20);1H. The third-order valence-corrected chi connectivity index (χ3v) is 3.75. The van der Waals surface area contributed by atoms with E-state index in [2.05, 4.69) is 5.32 Å². The average Bonchev–Trinajstić information content (AvgIpc) is 2.51. The van der Waals surface area contributed by atoms with Gasteiger partial charge < -0.3 is 15.8 Å². The number of rotatable bonds is 6. The second-order valence-electron chi connectivity index (χ2n) is 5.53. The van der Waals surface area contributed by atoms with E-state index in [1.807, 2.05) is 4.90 Å². The summed E-state index contributed by atoms with van der Waals surface area (Å²) in [5.41, 5.74) is 5.83. The molecule has 2 rings (SSSR count). The van der Waals surface area contributed by atoms with Crippen molar-refractivity contribution < 1.29 is 14.5 Å². The van der Waals surface area contributed by atoms with Gasteiger partial charge in [0.1, 0.15) is 11.4 Å². The van der Waals surface area contributed by atoms with Crippen molar-refractivity contribution in [3.05, 3.63) is 28.3 Å². The van der Waals surface area contributed by atoms with Crippen LogP contribution in [0.15, 0.2) is 18.2 Å². The van der Waals surface area contributed by atoms with E-state index in [-0.39, 0.29) is 42.3 Å². The lowest BCUT2D eigenvalue weighted by Crippen LogP contribution is -2.43. The van der Waals surface area contributed by atoms with Crippen LogP contribution < -0.4 is 15.8 Å². The third-order valence-electron chi connectivity index (χ3n) is 3.75. The van der Waals surface area contributed by atoms with Crippen LogP contribution in [0, 0.1) is 10.1 Å². The number of hydrogen-bond donors (Lipinski definition) is 2. The van der Waals surface area contributed by atoms with Crippen LogP contribution in [0.1, 0.15) is 19.8 Å². The predicted molar refractivity (Wildman–Crippen MR) is 93.8 cm³/mol. The van der Waals surface area contributed by atoms with Gasteiger partial charge in [-0.1, -0.05) is 0 Å². The number of ether oxygens (including phenoxy) is 1. The van der Waals surface area contributed by atoms with Crippen LogP contribution in [0.25, 0.3) is 0 Å². The Labute approximate surface area is 146 Å². The number of hydrogen-bond acceptors (Lipinski definition) is 6. The van der Waals surface area contributed by atoms with E-state index in [0.717, 1.165) is 25.9 Å². The molecule has 3 N–H and O–H groups in total. The van der Waals surface area contributed by atoms with Crippen LogP contribution in [0.4, 0.5) is 11.4 Å². The molecule has 134 valence electrons. The van der Waals surface area contributed by atoms with E-state index in [0.29, 0.717) is 12.4 Å². The van der Waals surface area contributed by atoms with Gasteiger partial charge in [0.25, 0.3) is 5.69 Å². The maximum absolute atomic E-state index is 12.1. The Bertz CT molecular complexity index is 577. The minimum absolute atomic E-state index is 0. The number of nitro groups is 1. The first-order valence-corrected chi connectivity index (χ1v) is 7.68. The van der Waals surface area contributed by atoms with Gasteiger partial charge in [-0.3, -0.25) is 19.8 Å². The monoisotopic (exact) mass is 358 g/mol. The third kappa shape index (κ3) is 5.63. The molecular formula is C15H23ClN4O4. The summed E-state index contributed by atoms with van der Waals surface area (Å²) in [5.74, 6) is 0.134. The highest BCUT2D eigenvalue weighted by molar-refractivity contribution is 5.94. The number of nitro benzene ring substituents is 1. The van der Waals surface area contributed by atoms with Crippen LogP contribution in [0.5, 0.6) is 5.75 Å². The van der Waals surface area contributed by atoms with Crippen molar-refractivity contribution in [3.8, 4) is 5.75 Å². The lowest BCUT2D eigenvalue weighted by Gasteiger charge is -2.29. The molecule has 0 unspecified atom stereocenters. The first-order chi connectivity index (χ1) is 11.0. The fraction of sp³-hybridized carbons (Fsp3) is 0.533. The van der Waals surface area contributed by atoms with Gasteiger partial charge in [-0.2, -0.15) is 0 Å². The molecule has 0 aromatic heterocycles. The highest BCUT2D eigenvalue weighted by atomic mass is 35.5. The summed E-state index contributed by atoms with van der Waals surface area (Å²) < 4.78 is 5.25. The molecule has 1 fully saturated rings. The Morgan fingerprint density at radius 1 is 1.46 bits per heavy atom. The number of carbonyl (C=O) groups excluding carboxylic acids is 1. The fourth-order valence-corrected chi connectivity index (χ4v) is 2.53. The molecular weight excluding hydrogens is 336 g/mol. The first kappa shape index (κ1) is 20.1. The number of halogens is 1. The molecule has 1 aromatic rings. The molecule has 1 aliphatic heterocycles. The van der Waals surface area contributed by atoms with Crippen LogP contribution >= 0.6 is 12.4 Å². The minimum atomic E-state index is -0.530. The van der Waals surface area contributed by atoms with E-state index in [9.17, 15) is 14.9 Å². The summed E-state index contributed by atoms with van der Waals surface area (Å²) in [6, 6.07) is 4.61. The minimum Gasteiger partial charge on any atom is -0.494 e. The topological polar surface area (TPSA) is 111 Å². The molecule has 0 saturated carbocycles. The van der Waals surface area contributed by atoms with Crippen LogP contribution in [-0.2, 0) is 4.79 Å². The van der Waals surface area contributed by atoms with Crippen molar-refractivity contribution in [2.75, 3.05) is 31.6 Å². The Balaban J connectivity index is 0.00000288. The summed E-state index contributed by atoms with van der Waals surface area (Å²) >= 11 is 0. The number of likely N-dealkylation sites (tertiary alicyclic amines) is 1. The smallest absolute Gasteiger partial charge is 0.296 e. The quantitative estimate of drug-likeness (QED) is 0.592. The zero-order valence-electron chi connectivity index (χ0n) is 13.6. The van der Waals surface area contributed by atoms with E-state index >= 15 is 0 Å². The van der Waals surface area contributed by atoms with Crippen LogP contribution in [0.3, 0.4) is 0 Å². The van der Waals surface area contributed by atoms with Gasteiger partial charge in [0.2, 0.25) is 5.91 Å². The van der Waals surface area contributed by atoms with Gasteiger partial charge in [0, 0.05) is 19.1 Å². The van der Waals surface area contributed by atoms with Crippen LogP contribution in [-0.4, -0.2) is 48.0 Å². The maximum Gasteiger partial charge on any atom is 0.296 e. The molecule has 1 aliphatic rings. The summed E-state index contributed by atoms with van der Waals surface area (Å²) in [4.78, 5) is 24.7. The Hall–Kier alpha value is -1.90. The number of carbonyl (C=O) groups is 1. The van der Waals surface area contributed by atoms with Gasteiger partial charge in [0.15, 0.2) is 0 Å². The number of piperidine rings is 1. The normalized spacial score (nSPS) is 15.4. The van der Waals surface area contributed by atoms with Gasteiger partial charge in [-0.25, -0.2) is 0 Å². The number of nitrogens with one attached hydrogen (secondary N) is 1. The zero-order chi connectivity index (χ0) is 16.8. The highest BCUT2D eigenvalue weighted by Gasteiger charge is 2.21. The summed E-state index contributed by atoms with van der Waals surface area (Å²) in [6.07, 6.45) is 1.72. The molecule has 8 nitrogen and oxygen atoms in total. The van der Waals surface area contributed by atoms with Crippen molar-refractivity contribution in [1.82, 2.24) is 4.90 Å². The number of nitrogens with zero attached hydrogens (tertiary/aromatic N) is 2. The molecule has 1 aromatic carbocycles. The van der Waals surface area contributed by atoms with E-state index in [4.69, 9.17) is 10.5 Å². The largest absolute Gasteiger partial charge is 0.494 e. The Morgan fingerprint density at radius 2 is 2.12 bits per heavy atom. The maximum atomic E-state index is 12.1. The predicted octanol–water partition coefficient (Wildman–Crippen LogP) is 1.78. The van der Waals surface area contributed by atoms with Gasteiger partial charge >= 0.3 is 0 Å². The molecule has 1 amide bonds. The van der Waals surface area contributed by atoms with E-state index < -0.39 is 4.92 Å². The number of anilines is 1. The molecule has 0 radical (unpaired) electrons. The second kappa shape index (κ2) is 9.41. The molecule has 1 saturated heterocycles. The van der Waals surface area contributed by atoms with Gasteiger partial charge in [0.05, 0.1) is 24.1 Å². The molecule has 9 heteroatoms. The lowest BCUT2D eigenvalue weighted by molar-refractivity contribution is -0.384. The van der Waals surface area contributed by atoms with E-state index in [1.165, 1.54) is 12.1 Å². The molecule has 0 spiro atoms. The highest BCUT2D eigenvalue weighted by Crippen LogP contribution is 2.29. The number of amides is 1. The SMILES string of the molecule is CCOc1ccc(NC(=O)CN2CCC(N)CC2)c([N+](=O)[O-])c1.Cl. The van der Waals surface area contributed by atoms with Gasteiger partial charge in [-0.05, 0) is 31.9 Å². The molecule has 1 heterocycles. The Morgan fingerprint density at radius 3 is 2.71 bits per heavy atom. The molecule has 0 atom stereocenters. The van der Waals surface area contributed by atoms with Crippen molar-refractivity contribution in [2.24, 2.45) is 5.73 Å². The van der Waals surface area contributed by atoms with Gasteiger partial charge in [-0.15, -0.1) is 12.4 Å². The summed E-state index contributed by atoms with van der Waals surface area (Å²) in [6.45, 7) is 3.95. The number of nitrogens with two attached hydrogens (primary N) is 1. The average molecular weight is 359 g/mol. The second-order valence-corrected chi connectivity index (χ2v) is 5.53. The van der Waals surface area contributed by atoms with Crippen molar-refractivity contribution in [1.29, 1.82) is 0 Å². The number of benzene rings is 1. The van der Waals surface area contributed by atoms with E-state index in [1.54, 1.807) is 13.0 Å². The fourth-order valence-electron chi connectivity index (χ4n) is 2.53. The summed E-state index contributed by atoms with van der Waals surface area (Å²) in [5, 5.41) is 13.8.